The molecule has 0 saturated carbocycles. The smallest absolute Gasteiger partial charge is 0.247 e. The van der Waals surface area contributed by atoms with Crippen molar-refractivity contribution in [1.82, 2.24) is 19.9 Å². The third kappa shape index (κ3) is 3.61. The zero-order valence-corrected chi connectivity index (χ0v) is 19.0. The summed E-state index contributed by atoms with van der Waals surface area (Å²) in [5.74, 6) is 1.14. The Hall–Kier alpha value is -5.10. The van der Waals surface area contributed by atoms with Gasteiger partial charge in [-0.25, -0.2) is 19.9 Å². The van der Waals surface area contributed by atoms with E-state index in [1.807, 2.05) is 48.5 Å². The number of hydrogen-bond acceptors (Lipinski definition) is 6. The van der Waals surface area contributed by atoms with Gasteiger partial charge in [0.2, 0.25) is 23.2 Å². The molecule has 0 saturated heterocycles. The van der Waals surface area contributed by atoms with Gasteiger partial charge in [-0.1, -0.05) is 48.5 Å². The highest BCUT2D eigenvalue weighted by atomic mass is 16.4. The number of fused-ring (bicyclic) bond motifs is 2. The van der Waals surface area contributed by atoms with Crippen molar-refractivity contribution in [2.24, 2.45) is 0 Å². The molecule has 36 heavy (non-hydrogen) atoms. The van der Waals surface area contributed by atoms with E-state index in [9.17, 15) is 0 Å². The number of benzene rings is 3. The third-order valence-corrected chi connectivity index (χ3v) is 6.15. The van der Waals surface area contributed by atoms with Crippen LogP contribution < -0.4 is 0 Å². The van der Waals surface area contributed by atoms with Crippen LogP contribution in [-0.4, -0.2) is 19.9 Å². The van der Waals surface area contributed by atoms with Gasteiger partial charge in [0, 0.05) is 23.5 Å². The van der Waals surface area contributed by atoms with Crippen LogP contribution in [0.4, 0.5) is 0 Å². The molecular weight excluding hydrogens is 448 g/mol. The first kappa shape index (κ1) is 20.3. The van der Waals surface area contributed by atoms with E-state index in [4.69, 9.17) is 8.83 Å². The molecule has 6 heteroatoms. The Bertz CT molecular complexity index is 1610. The Morgan fingerprint density at radius 2 is 0.722 bits per heavy atom. The Kier molecular flexibility index (Phi) is 4.67. The second-order valence-corrected chi connectivity index (χ2v) is 8.43. The zero-order chi connectivity index (χ0) is 23.9. The highest BCUT2D eigenvalue weighted by Crippen LogP contribution is 2.30. The van der Waals surface area contributed by atoms with Crippen molar-refractivity contribution in [1.29, 1.82) is 0 Å². The fourth-order valence-electron chi connectivity index (χ4n) is 4.25. The maximum Gasteiger partial charge on any atom is 0.247 e. The summed E-state index contributed by atoms with van der Waals surface area (Å²) in [6.07, 6.45) is 3.40. The van der Waals surface area contributed by atoms with Crippen LogP contribution in [0.3, 0.4) is 0 Å². The number of hydrogen-bond donors (Lipinski definition) is 0. The third-order valence-electron chi connectivity index (χ3n) is 6.15. The lowest BCUT2D eigenvalue weighted by Crippen LogP contribution is -1.83. The maximum atomic E-state index is 5.78. The van der Waals surface area contributed by atoms with E-state index in [1.54, 1.807) is 12.4 Å². The molecular formula is C30H18N4O2. The van der Waals surface area contributed by atoms with E-state index < -0.39 is 0 Å². The van der Waals surface area contributed by atoms with Crippen molar-refractivity contribution in [2.75, 3.05) is 0 Å². The fraction of sp³-hybridized carbons (Fsp3) is 0. The number of pyridine rings is 2. The van der Waals surface area contributed by atoms with Gasteiger partial charge in [-0.2, -0.15) is 0 Å². The molecule has 4 aromatic heterocycles. The molecule has 0 fully saturated rings. The second kappa shape index (κ2) is 8.29. The first-order chi connectivity index (χ1) is 17.8. The molecule has 7 rings (SSSR count). The minimum atomic E-state index is 0.547. The van der Waals surface area contributed by atoms with E-state index in [1.165, 1.54) is 0 Å². The number of aromatic nitrogens is 4. The lowest BCUT2D eigenvalue weighted by Gasteiger charge is -2.06. The molecule has 3 aromatic carbocycles. The lowest BCUT2D eigenvalue weighted by atomic mass is 9.99. The van der Waals surface area contributed by atoms with Crippen LogP contribution in [0.15, 0.2) is 118 Å². The van der Waals surface area contributed by atoms with E-state index in [2.05, 4.69) is 68.5 Å². The topological polar surface area (TPSA) is 77.8 Å². The predicted molar refractivity (Wildman–Crippen MR) is 139 cm³/mol. The monoisotopic (exact) mass is 466 g/mol. The van der Waals surface area contributed by atoms with E-state index in [-0.39, 0.29) is 0 Å². The fourth-order valence-corrected chi connectivity index (χ4v) is 4.25. The van der Waals surface area contributed by atoms with Gasteiger partial charge in [-0.3, -0.25) is 0 Å². The normalized spacial score (nSPS) is 11.3. The molecule has 0 amide bonds. The molecule has 0 radical (unpaired) electrons. The van der Waals surface area contributed by atoms with Gasteiger partial charge in [-0.05, 0) is 70.8 Å². The quantitative estimate of drug-likeness (QED) is 0.268. The highest BCUT2D eigenvalue weighted by molar-refractivity contribution is 5.76. The maximum absolute atomic E-state index is 5.78. The summed E-state index contributed by atoms with van der Waals surface area (Å²) in [4.78, 5) is 17.5. The van der Waals surface area contributed by atoms with Crippen LogP contribution in [0.2, 0.25) is 0 Å². The molecule has 0 spiro atoms. The number of oxazole rings is 2. The first-order valence-corrected chi connectivity index (χ1v) is 11.5. The zero-order valence-electron chi connectivity index (χ0n) is 19.0. The van der Waals surface area contributed by atoms with Crippen LogP contribution in [-0.2, 0) is 0 Å². The van der Waals surface area contributed by atoms with E-state index in [0.29, 0.717) is 23.2 Å². The van der Waals surface area contributed by atoms with E-state index >= 15 is 0 Å². The van der Waals surface area contributed by atoms with Crippen LogP contribution in [0.5, 0.6) is 0 Å². The molecule has 4 heterocycles. The average Bonchev–Trinajstić information content (AvgIpc) is 3.58. The largest absolute Gasteiger partial charge is 0.418 e. The average molecular weight is 467 g/mol. The number of rotatable bonds is 4. The van der Waals surface area contributed by atoms with Gasteiger partial charge in [-0.15, -0.1) is 0 Å². The van der Waals surface area contributed by atoms with Gasteiger partial charge in [0.25, 0.3) is 0 Å². The summed E-state index contributed by atoms with van der Waals surface area (Å²) in [7, 11) is 0. The van der Waals surface area contributed by atoms with Crippen molar-refractivity contribution in [3.8, 4) is 45.2 Å². The second-order valence-electron chi connectivity index (χ2n) is 8.43. The molecule has 170 valence electrons. The Morgan fingerprint density at radius 1 is 0.389 bits per heavy atom. The molecule has 0 aliphatic heterocycles. The summed E-state index contributed by atoms with van der Waals surface area (Å²) in [5.41, 5.74) is 8.97. The first-order valence-electron chi connectivity index (χ1n) is 11.5. The predicted octanol–water partition coefficient (Wildman–Crippen LogP) is 7.43. The SMILES string of the molecule is c1cnc2oc(-c3ccc(-c4ccc(-c5ccc(-c6nc7cccnc7o6)cc5)cc4)cc3)nc2c1. The Balaban J connectivity index is 1.11. The van der Waals surface area contributed by atoms with Crippen LogP contribution in [0.25, 0.3) is 67.6 Å². The molecule has 0 atom stereocenters. The summed E-state index contributed by atoms with van der Waals surface area (Å²) in [6, 6.07) is 32.4. The molecule has 0 aliphatic rings. The van der Waals surface area contributed by atoms with Gasteiger partial charge in [0.05, 0.1) is 0 Å². The van der Waals surface area contributed by atoms with Crippen molar-refractivity contribution >= 4 is 22.5 Å². The minimum Gasteiger partial charge on any atom is -0.418 e. The molecule has 0 aliphatic carbocycles. The molecule has 0 unspecified atom stereocenters. The summed E-state index contributed by atoms with van der Waals surface area (Å²) < 4.78 is 11.6. The van der Waals surface area contributed by atoms with Gasteiger partial charge in [0.1, 0.15) is 11.0 Å². The minimum absolute atomic E-state index is 0.547. The van der Waals surface area contributed by atoms with Crippen LogP contribution in [0, 0.1) is 0 Å². The molecule has 0 bridgehead atoms. The van der Waals surface area contributed by atoms with Crippen molar-refractivity contribution in [2.45, 2.75) is 0 Å². The van der Waals surface area contributed by atoms with Crippen molar-refractivity contribution in [3.63, 3.8) is 0 Å². The van der Waals surface area contributed by atoms with Crippen molar-refractivity contribution < 1.29 is 8.83 Å². The highest BCUT2D eigenvalue weighted by Gasteiger charge is 2.10. The summed E-state index contributed by atoms with van der Waals surface area (Å²) in [5, 5.41) is 0. The van der Waals surface area contributed by atoms with Gasteiger partial charge >= 0.3 is 0 Å². The van der Waals surface area contributed by atoms with Gasteiger partial charge in [0.15, 0.2) is 0 Å². The number of nitrogens with zero attached hydrogens (tertiary/aromatic N) is 4. The Morgan fingerprint density at radius 3 is 1.06 bits per heavy atom. The summed E-state index contributed by atoms with van der Waals surface area (Å²) >= 11 is 0. The Labute approximate surface area is 205 Å². The summed E-state index contributed by atoms with van der Waals surface area (Å²) in [6.45, 7) is 0. The molecule has 7 aromatic rings. The molecule has 0 N–H and O–H groups in total. The van der Waals surface area contributed by atoms with Crippen molar-refractivity contribution in [3.05, 3.63) is 109 Å². The standard InChI is InChI=1S/C30H18N4O2/c1-3-25-29(31-17-1)35-27(33-25)23-13-9-21(10-14-23)19-5-7-20(8-6-19)22-11-15-24(16-12-22)28-34-26-4-2-18-32-30(26)36-28/h1-18H. The van der Waals surface area contributed by atoms with Crippen LogP contribution in [0.1, 0.15) is 0 Å². The molecule has 6 nitrogen and oxygen atoms in total. The van der Waals surface area contributed by atoms with E-state index in [0.717, 1.165) is 44.4 Å². The van der Waals surface area contributed by atoms with Gasteiger partial charge < -0.3 is 8.83 Å². The lowest BCUT2D eigenvalue weighted by molar-refractivity contribution is 0.607. The van der Waals surface area contributed by atoms with Crippen LogP contribution >= 0.6 is 0 Å².